The van der Waals surface area contributed by atoms with E-state index in [0.29, 0.717) is 18.7 Å². The smallest absolute Gasteiger partial charge is 0.225 e. The third kappa shape index (κ3) is 4.01. The number of hydrogen-bond donors (Lipinski definition) is 2. The number of ether oxygens (including phenoxy) is 1. The number of carbonyl (C=O) groups excluding carboxylic acids is 1. The van der Waals surface area contributed by atoms with Crippen molar-refractivity contribution in [2.75, 3.05) is 12.4 Å². The van der Waals surface area contributed by atoms with Gasteiger partial charge in [-0.25, -0.2) is 0 Å². The van der Waals surface area contributed by atoms with E-state index in [0.717, 1.165) is 40.1 Å². The molecule has 0 spiro atoms. The number of carbonyl (C=O) groups is 1. The molecule has 0 aliphatic rings. The molecule has 0 atom stereocenters. The highest BCUT2D eigenvalue weighted by Crippen LogP contribution is 2.30. The third-order valence-corrected chi connectivity index (χ3v) is 5.03. The molecule has 148 valence electrons. The molecule has 0 bridgehead atoms. The van der Waals surface area contributed by atoms with Crippen molar-refractivity contribution in [2.45, 2.75) is 26.3 Å². The molecule has 2 aromatic heterocycles. The first-order chi connectivity index (χ1) is 14.2. The van der Waals surface area contributed by atoms with E-state index in [1.807, 2.05) is 54.6 Å². The number of fused-ring (bicyclic) bond motifs is 1. The molecule has 0 aliphatic heterocycles. The number of amides is 1. The van der Waals surface area contributed by atoms with Crippen molar-refractivity contribution in [3.8, 4) is 17.1 Å². The predicted octanol–water partition coefficient (Wildman–Crippen LogP) is 4.63. The van der Waals surface area contributed by atoms with E-state index < -0.39 is 0 Å². The molecule has 0 radical (unpaired) electrons. The Kier molecular flexibility index (Phi) is 5.33. The average Bonchev–Trinajstić information content (AvgIpc) is 3.36. The lowest BCUT2D eigenvalue weighted by Gasteiger charge is -2.07. The molecule has 0 aliphatic carbocycles. The second-order valence-corrected chi connectivity index (χ2v) is 6.90. The summed E-state index contributed by atoms with van der Waals surface area (Å²) in [5.74, 6) is 1.31. The van der Waals surface area contributed by atoms with Crippen LogP contribution in [-0.4, -0.2) is 27.8 Å². The van der Waals surface area contributed by atoms with Crippen molar-refractivity contribution in [3.63, 3.8) is 0 Å². The van der Waals surface area contributed by atoms with Crippen LogP contribution >= 0.6 is 0 Å². The Morgan fingerprint density at radius 3 is 2.72 bits per heavy atom. The summed E-state index contributed by atoms with van der Waals surface area (Å²) in [5, 5.41) is 11.3. The van der Waals surface area contributed by atoms with Crippen LogP contribution in [0.1, 0.15) is 18.9 Å². The molecule has 2 aromatic carbocycles. The van der Waals surface area contributed by atoms with Gasteiger partial charge in [-0.3, -0.25) is 9.89 Å². The molecule has 1 amide bonds. The molecular weight excluding hydrogens is 364 g/mol. The van der Waals surface area contributed by atoms with Crippen molar-refractivity contribution < 1.29 is 9.53 Å². The first-order valence-electron chi connectivity index (χ1n) is 9.74. The summed E-state index contributed by atoms with van der Waals surface area (Å²) in [6.45, 7) is 2.91. The lowest BCUT2D eigenvalue weighted by molar-refractivity contribution is -0.116. The van der Waals surface area contributed by atoms with Gasteiger partial charge in [0.2, 0.25) is 5.91 Å². The molecular formula is C23H24N4O2. The molecule has 2 heterocycles. The number of H-pyrrole nitrogens is 1. The Morgan fingerprint density at radius 1 is 1.14 bits per heavy atom. The topological polar surface area (TPSA) is 71.9 Å². The van der Waals surface area contributed by atoms with Crippen LogP contribution in [0.2, 0.25) is 0 Å². The van der Waals surface area contributed by atoms with Crippen LogP contribution in [-0.2, 0) is 17.8 Å². The maximum absolute atomic E-state index is 12.3. The van der Waals surface area contributed by atoms with Crippen LogP contribution in [0.5, 0.6) is 5.75 Å². The van der Waals surface area contributed by atoms with E-state index in [1.54, 1.807) is 7.11 Å². The van der Waals surface area contributed by atoms with Crippen molar-refractivity contribution >= 4 is 22.6 Å². The number of benzene rings is 2. The van der Waals surface area contributed by atoms with Crippen LogP contribution in [0.3, 0.4) is 0 Å². The number of aryl methyl sites for hydroxylation is 2. The number of aromatic amines is 1. The van der Waals surface area contributed by atoms with Crippen LogP contribution < -0.4 is 10.1 Å². The first-order valence-corrected chi connectivity index (χ1v) is 9.74. The number of hydrogen-bond acceptors (Lipinski definition) is 3. The van der Waals surface area contributed by atoms with Crippen molar-refractivity contribution in [1.29, 1.82) is 0 Å². The Hall–Kier alpha value is -3.54. The van der Waals surface area contributed by atoms with E-state index in [1.165, 1.54) is 0 Å². The zero-order valence-electron chi connectivity index (χ0n) is 16.6. The predicted molar refractivity (Wildman–Crippen MR) is 115 cm³/mol. The minimum absolute atomic E-state index is 0.0484. The molecule has 6 nitrogen and oxygen atoms in total. The number of nitrogens with one attached hydrogen (secondary N) is 2. The van der Waals surface area contributed by atoms with E-state index in [9.17, 15) is 4.79 Å². The fourth-order valence-electron chi connectivity index (χ4n) is 3.55. The summed E-state index contributed by atoms with van der Waals surface area (Å²) < 4.78 is 7.56. The highest BCUT2D eigenvalue weighted by Gasteiger charge is 2.14. The largest absolute Gasteiger partial charge is 0.497 e. The highest BCUT2D eigenvalue weighted by atomic mass is 16.5. The normalized spacial score (nSPS) is 11.0. The molecule has 4 rings (SSSR count). The minimum Gasteiger partial charge on any atom is -0.497 e. The monoisotopic (exact) mass is 388 g/mol. The van der Waals surface area contributed by atoms with Gasteiger partial charge >= 0.3 is 0 Å². The standard InChI is InChI=1S/C23H24N4O2/c1-3-27-20-14-18(29-2)11-10-17(20)13-21(27)19-15-22(26-25-19)24-23(28)12-9-16-7-5-4-6-8-16/h4-8,10-11,13-15H,3,9,12H2,1-2H3,(H2,24,25,26,28). The number of anilines is 1. The summed E-state index contributed by atoms with van der Waals surface area (Å²) in [7, 11) is 1.67. The average molecular weight is 388 g/mol. The zero-order chi connectivity index (χ0) is 20.2. The van der Waals surface area contributed by atoms with Gasteiger partial charge in [-0.1, -0.05) is 30.3 Å². The molecule has 2 N–H and O–H groups in total. The third-order valence-electron chi connectivity index (χ3n) is 5.03. The highest BCUT2D eigenvalue weighted by molar-refractivity contribution is 5.91. The van der Waals surface area contributed by atoms with Gasteiger partial charge in [0.15, 0.2) is 5.82 Å². The first kappa shape index (κ1) is 18.8. The Balaban J connectivity index is 1.50. The maximum atomic E-state index is 12.3. The quantitative estimate of drug-likeness (QED) is 0.485. The SMILES string of the molecule is CCn1c(-c2cc(NC(=O)CCc3ccccc3)n[nH]2)cc2ccc(OC)cc21. The van der Waals surface area contributed by atoms with Crippen LogP contribution in [0.15, 0.2) is 60.7 Å². The second-order valence-electron chi connectivity index (χ2n) is 6.90. The maximum Gasteiger partial charge on any atom is 0.225 e. The minimum atomic E-state index is -0.0484. The van der Waals surface area contributed by atoms with Crippen molar-refractivity contribution in [1.82, 2.24) is 14.8 Å². The van der Waals surface area contributed by atoms with Gasteiger partial charge in [-0.05, 0) is 37.1 Å². The van der Waals surface area contributed by atoms with Gasteiger partial charge in [-0.15, -0.1) is 0 Å². The summed E-state index contributed by atoms with van der Waals surface area (Å²) in [6, 6.07) is 20.0. The summed E-state index contributed by atoms with van der Waals surface area (Å²) >= 11 is 0. The number of aromatic nitrogens is 3. The lowest BCUT2D eigenvalue weighted by Crippen LogP contribution is -2.12. The van der Waals surface area contributed by atoms with E-state index in [-0.39, 0.29) is 5.91 Å². The van der Waals surface area contributed by atoms with E-state index in [2.05, 4.69) is 33.1 Å². The van der Waals surface area contributed by atoms with Gasteiger partial charge in [-0.2, -0.15) is 5.10 Å². The summed E-state index contributed by atoms with van der Waals surface area (Å²) in [6.07, 6.45) is 1.12. The fraction of sp³-hybridized carbons (Fsp3) is 0.217. The van der Waals surface area contributed by atoms with Crippen LogP contribution in [0.4, 0.5) is 5.82 Å². The van der Waals surface area contributed by atoms with Gasteiger partial charge in [0.05, 0.1) is 24.0 Å². The van der Waals surface area contributed by atoms with Gasteiger partial charge in [0.1, 0.15) is 5.75 Å². The molecule has 0 unspecified atom stereocenters. The molecule has 29 heavy (non-hydrogen) atoms. The van der Waals surface area contributed by atoms with Crippen LogP contribution in [0.25, 0.3) is 22.3 Å². The lowest BCUT2D eigenvalue weighted by atomic mass is 10.1. The Morgan fingerprint density at radius 2 is 1.97 bits per heavy atom. The number of nitrogens with zero attached hydrogens (tertiary/aromatic N) is 2. The Labute approximate surface area is 169 Å². The van der Waals surface area contributed by atoms with Crippen LogP contribution in [0, 0.1) is 0 Å². The Bertz CT molecular complexity index is 1130. The van der Waals surface area contributed by atoms with E-state index >= 15 is 0 Å². The molecule has 0 fully saturated rings. The summed E-state index contributed by atoms with van der Waals surface area (Å²) in [4.78, 5) is 12.3. The zero-order valence-corrected chi connectivity index (χ0v) is 16.6. The van der Waals surface area contributed by atoms with Gasteiger partial charge in [0.25, 0.3) is 0 Å². The molecule has 0 saturated carbocycles. The van der Waals surface area contributed by atoms with Crippen molar-refractivity contribution in [3.05, 3.63) is 66.2 Å². The second kappa shape index (κ2) is 8.22. The molecule has 0 saturated heterocycles. The number of rotatable bonds is 7. The van der Waals surface area contributed by atoms with Gasteiger partial charge in [0, 0.05) is 30.5 Å². The van der Waals surface area contributed by atoms with Crippen molar-refractivity contribution in [2.24, 2.45) is 0 Å². The van der Waals surface area contributed by atoms with Gasteiger partial charge < -0.3 is 14.6 Å². The fourth-order valence-corrected chi connectivity index (χ4v) is 3.55. The molecule has 4 aromatic rings. The van der Waals surface area contributed by atoms with E-state index in [4.69, 9.17) is 4.74 Å². The molecule has 6 heteroatoms. The summed E-state index contributed by atoms with van der Waals surface area (Å²) in [5.41, 5.74) is 4.13. The number of methoxy groups -OCH3 is 1.